The number of rotatable bonds is 5. The quantitative estimate of drug-likeness (QED) is 0.807. The molecule has 0 spiro atoms. The summed E-state index contributed by atoms with van der Waals surface area (Å²) in [6, 6.07) is 1.82. The van der Waals surface area contributed by atoms with Crippen LogP contribution in [0.3, 0.4) is 0 Å². The fourth-order valence-electron chi connectivity index (χ4n) is 1.08. The van der Waals surface area contributed by atoms with Crippen LogP contribution >= 0.6 is 0 Å². The zero-order chi connectivity index (χ0) is 11.3. The topological polar surface area (TPSA) is 47.0 Å². The number of nitrogens with zero attached hydrogens (tertiary/aromatic N) is 2. The highest BCUT2D eigenvalue weighted by molar-refractivity contribution is 5.37. The predicted octanol–water partition coefficient (Wildman–Crippen LogP) is 2.12. The molecule has 0 aliphatic rings. The second-order valence-corrected chi connectivity index (χ2v) is 3.82. The van der Waals surface area contributed by atoms with Crippen LogP contribution < -0.4 is 10.1 Å². The summed E-state index contributed by atoms with van der Waals surface area (Å²) >= 11 is 0. The van der Waals surface area contributed by atoms with Gasteiger partial charge in [0, 0.05) is 19.5 Å². The van der Waals surface area contributed by atoms with Gasteiger partial charge in [-0.15, -0.1) is 0 Å². The van der Waals surface area contributed by atoms with E-state index in [1.165, 1.54) is 0 Å². The van der Waals surface area contributed by atoms with Crippen LogP contribution in [0.25, 0.3) is 0 Å². The lowest BCUT2D eigenvalue weighted by Crippen LogP contribution is -2.08. The molecule has 0 atom stereocenters. The summed E-state index contributed by atoms with van der Waals surface area (Å²) in [5, 5.41) is 3.00. The van der Waals surface area contributed by atoms with Gasteiger partial charge in [-0.05, 0) is 5.92 Å². The van der Waals surface area contributed by atoms with Gasteiger partial charge in [0.1, 0.15) is 11.6 Å². The van der Waals surface area contributed by atoms with E-state index in [0.717, 1.165) is 18.1 Å². The molecule has 1 aromatic rings. The highest BCUT2D eigenvalue weighted by atomic mass is 16.5. The Bertz CT molecular complexity index is 290. The predicted molar refractivity (Wildman–Crippen MR) is 61.3 cm³/mol. The average Bonchev–Trinajstić information content (AvgIpc) is 2.25. The third-order valence-corrected chi connectivity index (χ3v) is 1.89. The van der Waals surface area contributed by atoms with Crippen molar-refractivity contribution in [1.29, 1.82) is 0 Å². The number of ether oxygens (including phenoxy) is 1. The zero-order valence-electron chi connectivity index (χ0n) is 9.87. The van der Waals surface area contributed by atoms with Crippen LogP contribution in [0.2, 0.25) is 0 Å². The highest BCUT2D eigenvalue weighted by Crippen LogP contribution is 2.14. The second-order valence-electron chi connectivity index (χ2n) is 3.82. The van der Waals surface area contributed by atoms with Crippen molar-refractivity contribution in [1.82, 2.24) is 9.97 Å². The Kier molecular flexibility index (Phi) is 4.34. The second kappa shape index (κ2) is 5.53. The molecule has 1 aromatic heterocycles. The number of hydrogen-bond acceptors (Lipinski definition) is 4. The molecule has 0 aromatic carbocycles. The molecular weight excluding hydrogens is 190 g/mol. The van der Waals surface area contributed by atoms with Gasteiger partial charge >= 0.3 is 0 Å². The smallest absolute Gasteiger partial charge is 0.218 e. The molecule has 0 amide bonds. The Morgan fingerprint density at radius 2 is 2.13 bits per heavy atom. The maximum Gasteiger partial charge on any atom is 0.218 e. The highest BCUT2D eigenvalue weighted by Gasteiger charge is 2.04. The number of aryl methyl sites for hydroxylation is 1. The van der Waals surface area contributed by atoms with Crippen LogP contribution in [0.1, 0.15) is 26.6 Å². The first-order valence-electron chi connectivity index (χ1n) is 5.34. The zero-order valence-corrected chi connectivity index (χ0v) is 9.87. The summed E-state index contributed by atoms with van der Waals surface area (Å²) < 4.78 is 5.56. The fraction of sp³-hybridized carbons (Fsp3) is 0.636. The minimum absolute atomic E-state index is 0.503. The van der Waals surface area contributed by atoms with Crippen LogP contribution in [0, 0.1) is 5.92 Å². The van der Waals surface area contributed by atoms with Gasteiger partial charge < -0.3 is 10.1 Å². The largest absolute Gasteiger partial charge is 0.477 e. The molecule has 0 aliphatic heterocycles. The van der Waals surface area contributed by atoms with E-state index >= 15 is 0 Å². The van der Waals surface area contributed by atoms with E-state index in [0.29, 0.717) is 18.4 Å². The van der Waals surface area contributed by atoms with E-state index < -0.39 is 0 Å². The first kappa shape index (κ1) is 11.8. The summed E-state index contributed by atoms with van der Waals surface area (Å²) in [4.78, 5) is 8.59. The maximum atomic E-state index is 5.56. The van der Waals surface area contributed by atoms with E-state index in [1.54, 1.807) is 0 Å². The summed E-state index contributed by atoms with van der Waals surface area (Å²) in [6.45, 7) is 6.94. The third kappa shape index (κ3) is 3.73. The summed E-state index contributed by atoms with van der Waals surface area (Å²) in [6.07, 6.45) is 0.813. The van der Waals surface area contributed by atoms with Gasteiger partial charge in [-0.3, -0.25) is 0 Å². The van der Waals surface area contributed by atoms with Crippen molar-refractivity contribution < 1.29 is 4.74 Å². The summed E-state index contributed by atoms with van der Waals surface area (Å²) in [5.74, 6) is 2.77. The average molecular weight is 209 g/mol. The molecule has 0 saturated carbocycles. The van der Waals surface area contributed by atoms with Crippen molar-refractivity contribution in [3.05, 3.63) is 11.9 Å². The lowest BCUT2D eigenvalue weighted by molar-refractivity contribution is 0.260. The molecule has 0 fully saturated rings. The summed E-state index contributed by atoms with van der Waals surface area (Å²) in [5.41, 5.74) is 0. The van der Waals surface area contributed by atoms with Gasteiger partial charge in [0.15, 0.2) is 0 Å². The van der Waals surface area contributed by atoms with E-state index in [9.17, 15) is 0 Å². The van der Waals surface area contributed by atoms with Gasteiger partial charge in [0.25, 0.3) is 0 Å². The van der Waals surface area contributed by atoms with Crippen LogP contribution in [-0.2, 0) is 6.42 Å². The Balaban J connectivity index is 2.77. The molecule has 0 unspecified atom stereocenters. The van der Waals surface area contributed by atoms with E-state index in [4.69, 9.17) is 4.74 Å². The molecule has 15 heavy (non-hydrogen) atoms. The molecule has 0 radical (unpaired) electrons. The van der Waals surface area contributed by atoms with Crippen LogP contribution in [-0.4, -0.2) is 23.6 Å². The van der Waals surface area contributed by atoms with Crippen molar-refractivity contribution in [2.75, 3.05) is 19.0 Å². The van der Waals surface area contributed by atoms with Crippen molar-refractivity contribution >= 4 is 5.82 Å². The van der Waals surface area contributed by atoms with E-state index in [1.807, 2.05) is 20.0 Å². The minimum Gasteiger partial charge on any atom is -0.477 e. The molecule has 0 aliphatic carbocycles. The Morgan fingerprint density at radius 1 is 1.40 bits per heavy atom. The number of anilines is 1. The molecule has 4 nitrogen and oxygen atoms in total. The lowest BCUT2D eigenvalue weighted by Gasteiger charge is -2.10. The van der Waals surface area contributed by atoms with Crippen molar-refractivity contribution in [3.63, 3.8) is 0 Å². The lowest BCUT2D eigenvalue weighted by atomic mass is 10.2. The van der Waals surface area contributed by atoms with Crippen molar-refractivity contribution in [3.8, 4) is 5.88 Å². The standard InChI is InChI=1S/C11H19N3O/c1-5-9-13-10(12-4)6-11(14-9)15-7-8(2)3/h6,8H,5,7H2,1-4H3,(H,12,13,14). The first-order chi connectivity index (χ1) is 7.15. The van der Waals surface area contributed by atoms with E-state index in [-0.39, 0.29) is 0 Å². The van der Waals surface area contributed by atoms with Crippen LogP contribution in [0.15, 0.2) is 6.07 Å². The molecule has 84 valence electrons. The van der Waals surface area contributed by atoms with Gasteiger partial charge in [0.2, 0.25) is 5.88 Å². The molecule has 4 heteroatoms. The maximum absolute atomic E-state index is 5.56. The minimum atomic E-state index is 0.503. The van der Waals surface area contributed by atoms with Gasteiger partial charge in [0.05, 0.1) is 6.61 Å². The molecular formula is C11H19N3O. The van der Waals surface area contributed by atoms with Crippen LogP contribution in [0.5, 0.6) is 5.88 Å². The Morgan fingerprint density at radius 3 is 2.67 bits per heavy atom. The molecule has 0 bridgehead atoms. The monoisotopic (exact) mass is 209 g/mol. The molecule has 1 heterocycles. The van der Waals surface area contributed by atoms with Gasteiger partial charge in [-0.25, -0.2) is 4.98 Å². The number of nitrogens with one attached hydrogen (secondary N) is 1. The normalized spacial score (nSPS) is 10.5. The molecule has 1 N–H and O–H groups in total. The Labute approximate surface area is 91.1 Å². The van der Waals surface area contributed by atoms with Crippen molar-refractivity contribution in [2.24, 2.45) is 5.92 Å². The number of aromatic nitrogens is 2. The number of hydrogen-bond donors (Lipinski definition) is 1. The van der Waals surface area contributed by atoms with Crippen molar-refractivity contribution in [2.45, 2.75) is 27.2 Å². The molecule has 1 rings (SSSR count). The Hall–Kier alpha value is -1.32. The fourth-order valence-corrected chi connectivity index (χ4v) is 1.08. The molecule has 0 saturated heterocycles. The summed E-state index contributed by atoms with van der Waals surface area (Å²) in [7, 11) is 1.84. The van der Waals surface area contributed by atoms with Gasteiger partial charge in [-0.1, -0.05) is 20.8 Å². The third-order valence-electron chi connectivity index (χ3n) is 1.89. The van der Waals surface area contributed by atoms with Crippen LogP contribution in [0.4, 0.5) is 5.82 Å². The first-order valence-corrected chi connectivity index (χ1v) is 5.34. The van der Waals surface area contributed by atoms with E-state index in [2.05, 4.69) is 29.1 Å². The van der Waals surface area contributed by atoms with Gasteiger partial charge in [-0.2, -0.15) is 4.98 Å². The SMILES string of the molecule is CCc1nc(NC)cc(OCC(C)C)n1.